The fourth-order valence-electron chi connectivity index (χ4n) is 2.02. The number of halogens is 1. The lowest BCUT2D eigenvalue weighted by Gasteiger charge is -2.11. The van der Waals surface area contributed by atoms with Crippen molar-refractivity contribution in [3.63, 3.8) is 0 Å². The van der Waals surface area contributed by atoms with Crippen molar-refractivity contribution >= 4 is 26.0 Å². The van der Waals surface area contributed by atoms with Crippen LogP contribution in [0.25, 0.3) is 0 Å². The first-order chi connectivity index (χ1) is 10.0. The molecule has 0 amide bonds. The van der Waals surface area contributed by atoms with Gasteiger partial charge in [0.05, 0.1) is 4.90 Å². The van der Waals surface area contributed by atoms with Crippen LogP contribution < -0.4 is 4.72 Å². The Kier molecular flexibility index (Phi) is 5.50. The van der Waals surface area contributed by atoms with Gasteiger partial charge in [-0.15, -0.1) is 0 Å². The molecule has 0 saturated heterocycles. The van der Waals surface area contributed by atoms with Gasteiger partial charge < -0.3 is 0 Å². The van der Waals surface area contributed by atoms with Gasteiger partial charge in [-0.25, -0.2) is 13.1 Å². The van der Waals surface area contributed by atoms with E-state index in [1.54, 1.807) is 18.3 Å². The molecule has 1 aromatic heterocycles. The summed E-state index contributed by atoms with van der Waals surface area (Å²) in [6.45, 7) is 2.27. The average molecular weight is 369 g/mol. The van der Waals surface area contributed by atoms with E-state index in [-0.39, 0.29) is 0 Å². The Morgan fingerprint density at radius 3 is 2.71 bits per heavy atom. The Balaban J connectivity index is 2.08. The molecule has 0 aliphatic carbocycles. The molecule has 0 radical (unpaired) electrons. The zero-order chi connectivity index (χ0) is 15.3. The number of nitrogens with one attached hydrogen (secondary N) is 1. The summed E-state index contributed by atoms with van der Waals surface area (Å²) in [5, 5.41) is 0. The minimum atomic E-state index is -3.49. The van der Waals surface area contributed by atoms with Crippen LogP contribution in [0.4, 0.5) is 0 Å². The molecule has 0 aliphatic heterocycles. The summed E-state index contributed by atoms with van der Waals surface area (Å²) in [7, 11) is -3.49. The second-order valence-corrected chi connectivity index (χ2v) is 7.23. The van der Waals surface area contributed by atoms with Crippen LogP contribution in [0.2, 0.25) is 0 Å². The number of nitrogens with zero attached hydrogens (tertiary/aromatic N) is 1. The van der Waals surface area contributed by atoms with E-state index in [1.165, 1.54) is 0 Å². The monoisotopic (exact) mass is 368 g/mol. The van der Waals surface area contributed by atoms with E-state index in [1.807, 2.05) is 31.2 Å². The van der Waals surface area contributed by atoms with Gasteiger partial charge in [-0.2, -0.15) is 0 Å². The van der Waals surface area contributed by atoms with Gasteiger partial charge in [-0.3, -0.25) is 4.98 Å². The maximum Gasteiger partial charge on any atom is 0.240 e. The molecule has 6 heteroatoms. The third kappa shape index (κ3) is 4.36. The topological polar surface area (TPSA) is 59.1 Å². The quantitative estimate of drug-likeness (QED) is 0.852. The predicted octanol–water partition coefficient (Wildman–Crippen LogP) is 2.93. The third-order valence-electron chi connectivity index (χ3n) is 3.09. The summed E-state index contributed by atoms with van der Waals surface area (Å²) in [6, 6.07) is 10.8. The number of hydrogen-bond donors (Lipinski definition) is 1. The number of aromatic nitrogens is 1. The highest BCUT2D eigenvalue weighted by molar-refractivity contribution is 9.10. The summed E-state index contributed by atoms with van der Waals surface area (Å²) in [5.41, 5.74) is 1.67. The van der Waals surface area contributed by atoms with Crippen LogP contribution in [0.3, 0.4) is 0 Å². The Bertz CT molecular complexity index is 703. The molecule has 0 aliphatic rings. The number of benzene rings is 1. The van der Waals surface area contributed by atoms with Crippen molar-refractivity contribution in [1.82, 2.24) is 9.71 Å². The van der Waals surface area contributed by atoms with Crippen LogP contribution in [-0.4, -0.2) is 19.9 Å². The van der Waals surface area contributed by atoms with Crippen LogP contribution in [0.5, 0.6) is 0 Å². The van der Waals surface area contributed by atoms with Gasteiger partial charge >= 0.3 is 0 Å². The van der Waals surface area contributed by atoms with Crippen LogP contribution in [0.1, 0.15) is 18.2 Å². The molecule has 2 rings (SSSR count). The Morgan fingerprint density at radius 1 is 1.24 bits per heavy atom. The zero-order valence-electron chi connectivity index (χ0n) is 11.7. The molecule has 0 saturated carbocycles. The van der Waals surface area contributed by atoms with Gasteiger partial charge in [0.15, 0.2) is 0 Å². The van der Waals surface area contributed by atoms with Crippen LogP contribution in [0, 0.1) is 0 Å². The van der Waals surface area contributed by atoms with E-state index in [0.29, 0.717) is 24.3 Å². The molecule has 0 unspecified atom stereocenters. The fourth-order valence-corrected chi connectivity index (χ4v) is 3.75. The van der Waals surface area contributed by atoms with Crippen molar-refractivity contribution in [2.75, 3.05) is 6.54 Å². The lowest BCUT2D eigenvalue weighted by atomic mass is 10.2. The first-order valence-corrected chi connectivity index (χ1v) is 8.98. The Morgan fingerprint density at radius 2 is 2.05 bits per heavy atom. The summed E-state index contributed by atoms with van der Waals surface area (Å²) in [4.78, 5) is 4.52. The maximum absolute atomic E-state index is 12.4. The molecule has 112 valence electrons. The molecule has 2 aromatic rings. The molecule has 4 nitrogen and oxygen atoms in total. The first kappa shape index (κ1) is 16.1. The van der Waals surface area contributed by atoms with Crippen LogP contribution >= 0.6 is 15.9 Å². The number of sulfonamides is 1. The summed E-state index contributed by atoms with van der Waals surface area (Å²) in [5.74, 6) is 0. The molecule has 0 fully saturated rings. The largest absolute Gasteiger partial charge is 0.261 e. The van der Waals surface area contributed by atoms with Crippen LogP contribution in [0.15, 0.2) is 52.0 Å². The SMILES string of the molecule is CCc1cc(Br)ccc1S(=O)(=O)NCCc1ccccn1. The van der Waals surface area contributed by atoms with Gasteiger partial charge in [-0.05, 0) is 42.3 Å². The highest BCUT2D eigenvalue weighted by Gasteiger charge is 2.17. The van der Waals surface area contributed by atoms with Gasteiger partial charge in [0.2, 0.25) is 10.0 Å². The molecular formula is C15H17BrN2O2S. The van der Waals surface area contributed by atoms with Crippen LogP contribution in [-0.2, 0) is 22.9 Å². The average Bonchev–Trinajstić information content (AvgIpc) is 2.47. The number of pyridine rings is 1. The standard InChI is InChI=1S/C15H17BrN2O2S/c1-2-12-11-13(16)6-7-15(12)21(19,20)18-10-8-14-5-3-4-9-17-14/h3-7,9,11,18H,2,8,10H2,1H3. The van der Waals surface area contributed by atoms with Gasteiger partial charge in [0, 0.05) is 29.3 Å². The van der Waals surface area contributed by atoms with Crippen molar-refractivity contribution in [2.24, 2.45) is 0 Å². The van der Waals surface area contributed by atoms with E-state index in [2.05, 4.69) is 25.6 Å². The van der Waals surface area contributed by atoms with E-state index in [0.717, 1.165) is 15.7 Å². The van der Waals surface area contributed by atoms with Crippen molar-refractivity contribution in [3.05, 3.63) is 58.3 Å². The minimum absolute atomic E-state index is 0.332. The van der Waals surface area contributed by atoms with E-state index >= 15 is 0 Å². The molecular weight excluding hydrogens is 352 g/mol. The lowest BCUT2D eigenvalue weighted by molar-refractivity contribution is 0.580. The zero-order valence-corrected chi connectivity index (χ0v) is 14.1. The number of aryl methyl sites for hydroxylation is 1. The van der Waals surface area contributed by atoms with Gasteiger partial charge in [-0.1, -0.05) is 28.9 Å². The number of rotatable bonds is 6. The Hall–Kier alpha value is -1.24. The second kappa shape index (κ2) is 7.15. The Labute approximate surface area is 133 Å². The molecule has 1 heterocycles. The third-order valence-corrected chi connectivity index (χ3v) is 5.15. The molecule has 1 aromatic carbocycles. The van der Waals surface area contributed by atoms with E-state index in [9.17, 15) is 8.42 Å². The van der Waals surface area contributed by atoms with Gasteiger partial charge in [0.25, 0.3) is 0 Å². The number of hydrogen-bond acceptors (Lipinski definition) is 3. The normalized spacial score (nSPS) is 11.5. The summed E-state index contributed by atoms with van der Waals surface area (Å²) in [6.07, 6.45) is 2.93. The molecule has 0 spiro atoms. The van der Waals surface area contributed by atoms with Crippen molar-refractivity contribution in [3.8, 4) is 0 Å². The lowest BCUT2D eigenvalue weighted by Crippen LogP contribution is -2.27. The van der Waals surface area contributed by atoms with E-state index in [4.69, 9.17) is 0 Å². The molecule has 1 N–H and O–H groups in total. The highest BCUT2D eigenvalue weighted by Crippen LogP contribution is 2.21. The second-order valence-electron chi connectivity index (χ2n) is 4.57. The predicted molar refractivity (Wildman–Crippen MR) is 86.6 cm³/mol. The van der Waals surface area contributed by atoms with Crippen molar-refractivity contribution < 1.29 is 8.42 Å². The first-order valence-electron chi connectivity index (χ1n) is 6.71. The van der Waals surface area contributed by atoms with Crippen molar-refractivity contribution in [2.45, 2.75) is 24.7 Å². The molecule has 0 bridgehead atoms. The van der Waals surface area contributed by atoms with E-state index < -0.39 is 10.0 Å². The van der Waals surface area contributed by atoms with Crippen molar-refractivity contribution in [1.29, 1.82) is 0 Å². The smallest absolute Gasteiger partial charge is 0.240 e. The maximum atomic E-state index is 12.4. The summed E-state index contributed by atoms with van der Waals surface area (Å²) >= 11 is 3.36. The minimum Gasteiger partial charge on any atom is -0.261 e. The molecule has 0 atom stereocenters. The highest BCUT2D eigenvalue weighted by atomic mass is 79.9. The van der Waals surface area contributed by atoms with Gasteiger partial charge in [0.1, 0.15) is 0 Å². The summed E-state index contributed by atoms with van der Waals surface area (Å²) < 4.78 is 28.2. The molecule has 21 heavy (non-hydrogen) atoms. The fraction of sp³-hybridized carbons (Fsp3) is 0.267.